The van der Waals surface area contributed by atoms with Crippen molar-refractivity contribution in [1.29, 1.82) is 0 Å². The molecule has 0 radical (unpaired) electrons. The zero-order valence-corrected chi connectivity index (χ0v) is 13.2. The number of hydrogen-bond acceptors (Lipinski definition) is 1. The Labute approximate surface area is 114 Å². The molecule has 1 heteroatoms. The largest absolute Gasteiger partial charge is 0.312 e. The number of rotatable bonds is 5. The van der Waals surface area contributed by atoms with Crippen LogP contribution >= 0.6 is 0 Å². The quantitative estimate of drug-likeness (QED) is 0.693. The fourth-order valence-electron chi connectivity index (χ4n) is 3.05. The first-order valence-corrected chi connectivity index (χ1v) is 7.67. The zero-order chi connectivity index (χ0) is 13.8. The maximum absolute atomic E-state index is 4.05. The van der Waals surface area contributed by atoms with Crippen molar-refractivity contribution in [1.82, 2.24) is 5.32 Å². The molecule has 0 aromatic rings. The number of hydrogen-bond donors (Lipinski definition) is 1. The molecule has 0 amide bonds. The molecule has 18 heavy (non-hydrogen) atoms. The van der Waals surface area contributed by atoms with Gasteiger partial charge < -0.3 is 5.32 Å². The summed E-state index contributed by atoms with van der Waals surface area (Å²) in [7, 11) is 0. The molecule has 0 bridgehead atoms. The Morgan fingerprint density at radius 1 is 1.22 bits per heavy atom. The van der Waals surface area contributed by atoms with E-state index in [0.717, 1.165) is 17.8 Å². The highest BCUT2D eigenvalue weighted by atomic mass is 14.9. The Bertz CT molecular complexity index is 261. The fourth-order valence-corrected chi connectivity index (χ4v) is 3.05. The molecule has 0 saturated heterocycles. The predicted octanol–water partition coefficient (Wildman–Crippen LogP) is 4.78. The summed E-state index contributed by atoms with van der Waals surface area (Å²) in [6.07, 6.45) is 6.80. The van der Waals surface area contributed by atoms with Gasteiger partial charge in [-0.15, -0.1) is 6.58 Å². The van der Waals surface area contributed by atoms with Crippen molar-refractivity contribution in [3.8, 4) is 0 Å². The molecule has 1 fully saturated rings. The highest BCUT2D eigenvalue weighted by molar-refractivity contribution is 4.91. The van der Waals surface area contributed by atoms with Gasteiger partial charge in [0.05, 0.1) is 0 Å². The van der Waals surface area contributed by atoms with Gasteiger partial charge in [0, 0.05) is 5.54 Å². The van der Waals surface area contributed by atoms with Crippen LogP contribution in [0.1, 0.15) is 66.7 Å². The standard InChI is InChI=1S/C17H33N/c1-13(2)7-9-15-11-14(3)8-10-16(15)12-18-17(4,5)6/h14-16,18H,1,7-12H2,2-6H3. The summed E-state index contributed by atoms with van der Waals surface area (Å²) in [5.74, 6) is 2.70. The van der Waals surface area contributed by atoms with Crippen LogP contribution in [0, 0.1) is 17.8 Å². The van der Waals surface area contributed by atoms with Gasteiger partial charge in [0.2, 0.25) is 0 Å². The van der Waals surface area contributed by atoms with Crippen LogP contribution in [0.5, 0.6) is 0 Å². The lowest BCUT2D eigenvalue weighted by atomic mass is 9.72. The summed E-state index contributed by atoms with van der Waals surface area (Å²) in [5, 5.41) is 3.70. The van der Waals surface area contributed by atoms with E-state index in [1.165, 1.54) is 44.2 Å². The molecule has 0 aliphatic heterocycles. The second-order valence-electron chi connectivity index (χ2n) is 7.57. The SMILES string of the molecule is C=C(C)CCC1CC(C)CCC1CNC(C)(C)C. The Morgan fingerprint density at radius 3 is 2.44 bits per heavy atom. The van der Waals surface area contributed by atoms with Gasteiger partial charge in [-0.1, -0.05) is 18.9 Å². The van der Waals surface area contributed by atoms with E-state index in [0.29, 0.717) is 0 Å². The molecule has 0 aromatic heterocycles. The highest BCUT2D eigenvalue weighted by Gasteiger charge is 2.28. The molecule has 106 valence electrons. The van der Waals surface area contributed by atoms with E-state index in [2.05, 4.69) is 46.5 Å². The summed E-state index contributed by atoms with van der Waals surface area (Å²) in [5.41, 5.74) is 1.60. The molecule has 1 nitrogen and oxygen atoms in total. The van der Waals surface area contributed by atoms with E-state index in [1.807, 2.05) is 0 Å². The van der Waals surface area contributed by atoms with Crippen LogP contribution in [0.4, 0.5) is 0 Å². The molecule has 1 aliphatic carbocycles. The lowest BCUT2D eigenvalue weighted by molar-refractivity contribution is 0.166. The molecular formula is C17H33N. The second-order valence-corrected chi connectivity index (χ2v) is 7.57. The summed E-state index contributed by atoms with van der Waals surface area (Å²) >= 11 is 0. The second kappa shape index (κ2) is 6.75. The topological polar surface area (TPSA) is 12.0 Å². The van der Waals surface area contributed by atoms with E-state index in [9.17, 15) is 0 Å². The average Bonchev–Trinajstić information content (AvgIpc) is 2.23. The molecule has 3 unspecified atom stereocenters. The third-order valence-electron chi connectivity index (χ3n) is 4.24. The van der Waals surface area contributed by atoms with Crippen LogP contribution in [-0.4, -0.2) is 12.1 Å². The summed E-state index contributed by atoms with van der Waals surface area (Å²) < 4.78 is 0. The monoisotopic (exact) mass is 251 g/mol. The third kappa shape index (κ3) is 6.04. The molecule has 0 heterocycles. The van der Waals surface area contributed by atoms with Crippen LogP contribution in [0.2, 0.25) is 0 Å². The average molecular weight is 251 g/mol. The third-order valence-corrected chi connectivity index (χ3v) is 4.24. The normalized spacial score (nSPS) is 29.3. The number of allylic oxidation sites excluding steroid dienone is 1. The Kier molecular flexibility index (Phi) is 5.91. The van der Waals surface area contributed by atoms with Crippen molar-refractivity contribution in [2.45, 2.75) is 72.3 Å². The van der Waals surface area contributed by atoms with E-state index < -0.39 is 0 Å². The molecule has 1 rings (SSSR count). The van der Waals surface area contributed by atoms with Crippen LogP contribution in [0.25, 0.3) is 0 Å². The summed E-state index contributed by atoms with van der Waals surface area (Å²) in [6, 6.07) is 0. The van der Waals surface area contributed by atoms with Gasteiger partial charge in [0.1, 0.15) is 0 Å². The van der Waals surface area contributed by atoms with E-state index in [4.69, 9.17) is 0 Å². The maximum Gasteiger partial charge on any atom is 0.00966 e. The first-order chi connectivity index (χ1) is 8.28. The zero-order valence-electron chi connectivity index (χ0n) is 13.2. The van der Waals surface area contributed by atoms with Crippen LogP contribution in [-0.2, 0) is 0 Å². The highest BCUT2D eigenvalue weighted by Crippen LogP contribution is 2.36. The van der Waals surface area contributed by atoms with Crippen LogP contribution in [0.3, 0.4) is 0 Å². The van der Waals surface area contributed by atoms with Gasteiger partial charge in [-0.05, 0) is 77.7 Å². The lowest BCUT2D eigenvalue weighted by Gasteiger charge is -2.37. The smallest absolute Gasteiger partial charge is 0.00966 e. The van der Waals surface area contributed by atoms with Crippen LogP contribution < -0.4 is 5.32 Å². The summed E-state index contributed by atoms with van der Waals surface area (Å²) in [4.78, 5) is 0. The molecule has 0 aromatic carbocycles. The minimum Gasteiger partial charge on any atom is -0.312 e. The van der Waals surface area contributed by atoms with Gasteiger partial charge in [0.15, 0.2) is 0 Å². The minimum atomic E-state index is 0.252. The van der Waals surface area contributed by atoms with Crippen molar-refractivity contribution in [2.75, 3.05) is 6.54 Å². The van der Waals surface area contributed by atoms with Gasteiger partial charge in [0.25, 0.3) is 0 Å². The molecule has 3 atom stereocenters. The van der Waals surface area contributed by atoms with E-state index in [-0.39, 0.29) is 5.54 Å². The van der Waals surface area contributed by atoms with E-state index >= 15 is 0 Å². The molecular weight excluding hydrogens is 218 g/mol. The molecule has 1 aliphatic rings. The Morgan fingerprint density at radius 2 is 1.89 bits per heavy atom. The Hall–Kier alpha value is -0.300. The maximum atomic E-state index is 4.05. The van der Waals surface area contributed by atoms with Gasteiger partial charge in [-0.25, -0.2) is 0 Å². The van der Waals surface area contributed by atoms with Crippen molar-refractivity contribution in [3.05, 3.63) is 12.2 Å². The molecule has 0 spiro atoms. The van der Waals surface area contributed by atoms with Crippen molar-refractivity contribution >= 4 is 0 Å². The lowest BCUT2D eigenvalue weighted by Crippen LogP contribution is -2.42. The summed E-state index contributed by atoms with van der Waals surface area (Å²) in [6.45, 7) is 16.6. The molecule has 1 N–H and O–H groups in total. The first-order valence-electron chi connectivity index (χ1n) is 7.67. The number of nitrogens with one attached hydrogen (secondary N) is 1. The predicted molar refractivity (Wildman–Crippen MR) is 81.8 cm³/mol. The Balaban J connectivity index is 2.47. The minimum absolute atomic E-state index is 0.252. The van der Waals surface area contributed by atoms with Gasteiger partial charge in [-0.2, -0.15) is 0 Å². The van der Waals surface area contributed by atoms with Crippen LogP contribution in [0.15, 0.2) is 12.2 Å². The molecule has 1 saturated carbocycles. The van der Waals surface area contributed by atoms with Crippen molar-refractivity contribution in [2.24, 2.45) is 17.8 Å². The van der Waals surface area contributed by atoms with Gasteiger partial charge >= 0.3 is 0 Å². The fraction of sp³-hybridized carbons (Fsp3) is 0.882. The van der Waals surface area contributed by atoms with E-state index in [1.54, 1.807) is 0 Å². The van der Waals surface area contributed by atoms with Crippen molar-refractivity contribution in [3.63, 3.8) is 0 Å². The van der Waals surface area contributed by atoms with Crippen molar-refractivity contribution < 1.29 is 0 Å². The first kappa shape index (κ1) is 15.8. The van der Waals surface area contributed by atoms with Gasteiger partial charge in [-0.3, -0.25) is 0 Å².